The first kappa shape index (κ1) is 16.7. The molecule has 3 rings (SSSR count). The Balaban J connectivity index is 2.04. The molecule has 1 fully saturated rings. The highest BCUT2D eigenvalue weighted by atomic mass is 79.9. The number of nitrogens with zero attached hydrogens (tertiary/aromatic N) is 1. The summed E-state index contributed by atoms with van der Waals surface area (Å²) < 4.78 is 1.14. The molecule has 1 atom stereocenters. The van der Waals surface area contributed by atoms with Crippen molar-refractivity contribution in [1.29, 1.82) is 0 Å². The normalized spacial score (nSPS) is 17.7. The SMILES string of the molecule is Cc1ccc(C)c(C(c2ccc(Br)cc2)N2CCCNCC2)c1. The average molecular weight is 373 g/mol. The van der Waals surface area contributed by atoms with Crippen molar-refractivity contribution in [1.82, 2.24) is 10.2 Å². The van der Waals surface area contributed by atoms with Crippen LogP contribution in [0.25, 0.3) is 0 Å². The van der Waals surface area contributed by atoms with E-state index in [9.17, 15) is 0 Å². The summed E-state index contributed by atoms with van der Waals surface area (Å²) in [6.45, 7) is 8.84. The maximum Gasteiger partial charge on any atom is 0.0604 e. The van der Waals surface area contributed by atoms with E-state index >= 15 is 0 Å². The zero-order valence-electron chi connectivity index (χ0n) is 14.0. The van der Waals surface area contributed by atoms with Crippen LogP contribution in [0.5, 0.6) is 0 Å². The first-order valence-corrected chi connectivity index (χ1v) is 9.22. The van der Waals surface area contributed by atoms with Crippen LogP contribution in [0.4, 0.5) is 0 Å². The van der Waals surface area contributed by atoms with Gasteiger partial charge in [-0.3, -0.25) is 4.90 Å². The Labute approximate surface area is 148 Å². The van der Waals surface area contributed by atoms with Crippen LogP contribution in [-0.2, 0) is 0 Å². The fraction of sp³-hybridized carbons (Fsp3) is 0.400. The second-order valence-corrected chi connectivity index (χ2v) is 7.37. The molecule has 0 radical (unpaired) electrons. The molecule has 2 aromatic rings. The van der Waals surface area contributed by atoms with Gasteiger partial charge in [0.05, 0.1) is 6.04 Å². The minimum absolute atomic E-state index is 0.336. The van der Waals surface area contributed by atoms with E-state index in [2.05, 4.69) is 82.5 Å². The van der Waals surface area contributed by atoms with Crippen LogP contribution in [-0.4, -0.2) is 31.1 Å². The summed E-state index contributed by atoms with van der Waals surface area (Å²) in [7, 11) is 0. The summed E-state index contributed by atoms with van der Waals surface area (Å²) in [6, 6.07) is 16.0. The molecule has 1 N–H and O–H groups in total. The lowest BCUT2D eigenvalue weighted by atomic mass is 9.92. The van der Waals surface area contributed by atoms with E-state index in [0.29, 0.717) is 6.04 Å². The fourth-order valence-electron chi connectivity index (χ4n) is 3.41. The molecule has 23 heavy (non-hydrogen) atoms. The summed E-state index contributed by atoms with van der Waals surface area (Å²) in [6.07, 6.45) is 1.21. The largest absolute Gasteiger partial charge is 0.315 e. The molecule has 3 heteroatoms. The van der Waals surface area contributed by atoms with Gasteiger partial charge in [0, 0.05) is 24.1 Å². The predicted molar refractivity (Wildman–Crippen MR) is 101 cm³/mol. The van der Waals surface area contributed by atoms with Crippen molar-refractivity contribution in [2.45, 2.75) is 26.3 Å². The Hall–Kier alpha value is -1.16. The lowest BCUT2D eigenvalue weighted by molar-refractivity contribution is 0.240. The van der Waals surface area contributed by atoms with Crippen molar-refractivity contribution < 1.29 is 0 Å². The van der Waals surface area contributed by atoms with Crippen molar-refractivity contribution in [3.05, 3.63) is 69.2 Å². The third-order valence-electron chi connectivity index (χ3n) is 4.65. The summed E-state index contributed by atoms with van der Waals surface area (Å²) in [5.74, 6) is 0. The number of halogens is 1. The van der Waals surface area contributed by atoms with E-state index in [0.717, 1.165) is 30.7 Å². The molecule has 0 bridgehead atoms. The highest BCUT2D eigenvalue weighted by molar-refractivity contribution is 9.10. The summed E-state index contributed by atoms with van der Waals surface area (Å²) >= 11 is 3.56. The van der Waals surface area contributed by atoms with Crippen molar-refractivity contribution in [3.8, 4) is 0 Å². The molecule has 2 aromatic carbocycles. The van der Waals surface area contributed by atoms with E-state index in [1.807, 2.05) is 0 Å². The monoisotopic (exact) mass is 372 g/mol. The van der Waals surface area contributed by atoms with Crippen LogP contribution >= 0.6 is 15.9 Å². The summed E-state index contributed by atoms with van der Waals surface area (Å²) in [4.78, 5) is 2.63. The first-order valence-electron chi connectivity index (χ1n) is 8.42. The molecule has 1 heterocycles. The molecule has 2 nitrogen and oxygen atoms in total. The molecule has 1 unspecified atom stereocenters. The minimum Gasteiger partial charge on any atom is -0.315 e. The van der Waals surface area contributed by atoms with E-state index in [1.54, 1.807) is 0 Å². The first-order chi connectivity index (χ1) is 11.1. The molecule has 0 aromatic heterocycles. The summed E-state index contributed by atoms with van der Waals surface area (Å²) in [5.41, 5.74) is 5.53. The third-order valence-corrected chi connectivity index (χ3v) is 5.18. The van der Waals surface area contributed by atoms with Gasteiger partial charge in [-0.25, -0.2) is 0 Å². The Morgan fingerprint density at radius 1 is 1.00 bits per heavy atom. The van der Waals surface area contributed by atoms with E-state index in [4.69, 9.17) is 0 Å². The van der Waals surface area contributed by atoms with Gasteiger partial charge in [0.15, 0.2) is 0 Å². The topological polar surface area (TPSA) is 15.3 Å². The third kappa shape index (κ3) is 4.03. The standard InChI is InChI=1S/C20H25BrN2/c1-15-4-5-16(2)19(14-15)20(17-6-8-18(21)9-7-17)23-12-3-10-22-11-13-23/h4-9,14,20,22H,3,10-13H2,1-2H3. The number of benzene rings is 2. The average Bonchev–Trinajstić information content (AvgIpc) is 2.82. The lowest BCUT2D eigenvalue weighted by Crippen LogP contribution is -2.33. The molecule has 0 spiro atoms. The van der Waals surface area contributed by atoms with Crippen LogP contribution < -0.4 is 5.32 Å². The number of aryl methyl sites for hydroxylation is 2. The van der Waals surface area contributed by atoms with Crippen LogP contribution in [0.2, 0.25) is 0 Å². The molecular weight excluding hydrogens is 348 g/mol. The van der Waals surface area contributed by atoms with Crippen LogP contribution in [0.15, 0.2) is 46.9 Å². The van der Waals surface area contributed by atoms with Crippen molar-refractivity contribution in [2.24, 2.45) is 0 Å². The second kappa shape index (κ2) is 7.61. The van der Waals surface area contributed by atoms with Crippen molar-refractivity contribution in [3.63, 3.8) is 0 Å². The Bertz CT molecular complexity index is 643. The van der Waals surface area contributed by atoms with Crippen LogP contribution in [0, 0.1) is 13.8 Å². The molecule has 0 amide bonds. The molecule has 1 aliphatic rings. The van der Waals surface area contributed by atoms with E-state index < -0.39 is 0 Å². The van der Waals surface area contributed by atoms with Crippen molar-refractivity contribution in [2.75, 3.05) is 26.2 Å². The number of nitrogens with one attached hydrogen (secondary N) is 1. The highest BCUT2D eigenvalue weighted by Gasteiger charge is 2.24. The molecule has 1 aliphatic heterocycles. The molecular formula is C20H25BrN2. The van der Waals surface area contributed by atoms with Gasteiger partial charge in [-0.15, -0.1) is 0 Å². The fourth-order valence-corrected chi connectivity index (χ4v) is 3.68. The summed E-state index contributed by atoms with van der Waals surface area (Å²) in [5, 5.41) is 3.52. The highest BCUT2D eigenvalue weighted by Crippen LogP contribution is 2.32. The molecule has 0 aliphatic carbocycles. The molecule has 0 saturated carbocycles. The van der Waals surface area contributed by atoms with Crippen molar-refractivity contribution >= 4 is 15.9 Å². The molecule has 1 saturated heterocycles. The van der Waals surface area contributed by atoms with Gasteiger partial charge in [-0.05, 0) is 55.6 Å². The van der Waals surface area contributed by atoms with E-state index in [1.165, 1.54) is 28.7 Å². The van der Waals surface area contributed by atoms with Gasteiger partial charge in [0.25, 0.3) is 0 Å². The quantitative estimate of drug-likeness (QED) is 0.855. The zero-order valence-corrected chi connectivity index (χ0v) is 15.6. The Morgan fingerprint density at radius 3 is 2.57 bits per heavy atom. The maximum absolute atomic E-state index is 3.56. The van der Waals surface area contributed by atoms with Gasteiger partial charge >= 0.3 is 0 Å². The van der Waals surface area contributed by atoms with Gasteiger partial charge < -0.3 is 5.32 Å². The van der Waals surface area contributed by atoms with Gasteiger partial charge in [-0.2, -0.15) is 0 Å². The van der Waals surface area contributed by atoms with Crippen LogP contribution in [0.1, 0.15) is 34.7 Å². The number of hydrogen-bond donors (Lipinski definition) is 1. The number of rotatable bonds is 3. The van der Waals surface area contributed by atoms with Gasteiger partial charge in [0.2, 0.25) is 0 Å². The second-order valence-electron chi connectivity index (χ2n) is 6.45. The van der Waals surface area contributed by atoms with Gasteiger partial charge in [-0.1, -0.05) is 51.8 Å². The van der Waals surface area contributed by atoms with Crippen LogP contribution in [0.3, 0.4) is 0 Å². The van der Waals surface area contributed by atoms with E-state index in [-0.39, 0.29) is 0 Å². The Kier molecular flexibility index (Phi) is 5.52. The predicted octanol–water partition coefficient (Wildman–Crippen LogP) is 4.45. The minimum atomic E-state index is 0.336. The smallest absolute Gasteiger partial charge is 0.0604 e. The Morgan fingerprint density at radius 2 is 1.78 bits per heavy atom. The lowest BCUT2D eigenvalue weighted by Gasteiger charge is -2.32. The molecule has 122 valence electrons. The maximum atomic E-state index is 3.56. The zero-order chi connectivity index (χ0) is 16.2. The number of hydrogen-bond acceptors (Lipinski definition) is 2. The van der Waals surface area contributed by atoms with Gasteiger partial charge in [0.1, 0.15) is 0 Å².